The molecule has 0 atom stereocenters. The summed E-state index contributed by atoms with van der Waals surface area (Å²) >= 11 is 0. The van der Waals surface area contributed by atoms with Crippen LogP contribution in [0.25, 0.3) is 0 Å². The van der Waals surface area contributed by atoms with E-state index >= 15 is 0 Å². The second-order valence-electron chi connectivity index (χ2n) is 8.15. The van der Waals surface area contributed by atoms with Crippen LogP contribution >= 0.6 is 0 Å². The molecule has 0 spiro atoms. The van der Waals surface area contributed by atoms with Gasteiger partial charge in [0.15, 0.2) is 5.03 Å². The van der Waals surface area contributed by atoms with Crippen LogP contribution in [0.5, 0.6) is 0 Å². The first-order valence-corrected chi connectivity index (χ1v) is 11.7. The van der Waals surface area contributed by atoms with Crippen molar-refractivity contribution in [2.45, 2.75) is 44.6 Å². The summed E-state index contributed by atoms with van der Waals surface area (Å²) in [6.45, 7) is 9.39. The standard InChI is InChI=1S/C21H32N6O3S/c1-14(2)16-8-7-9-17(15(3)4)20(16)25-21(28)26-31(29,30)19-13-22-12-18(24-19)23-10-11-27(5)6/h7-9,12-15H,10-11H2,1-6H3,(H,23,24)(H2,25,26,28). The maximum atomic E-state index is 12.7. The molecule has 0 saturated carbocycles. The van der Waals surface area contributed by atoms with Gasteiger partial charge in [0.1, 0.15) is 5.82 Å². The highest BCUT2D eigenvalue weighted by Gasteiger charge is 2.22. The number of amides is 2. The Morgan fingerprint density at radius 2 is 1.68 bits per heavy atom. The van der Waals surface area contributed by atoms with Gasteiger partial charge in [0, 0.05) is 18.8 Å². The van der Waals surface area contributed by atoms with E-state index in [9.17, 15) is 13.2 Å². The fourth-order valence-corrected chi connectivity index (χ4v) is 3.80. The minimum absolute atomic E-state index is 0.154. The molecule has 1 aromatic carbocycles. The van der Waals surface area contributed by atoms with Crippen LogP contribution in [0, 0.1) is 0 Å². The lowest BCUT2D eigenvalue weighted by molar-refractivity contribution is 0.256. The summed E-state index contributed by atoms with van der Waals surface area (Å²) in [7, 11) is -0.337. The smallest absolute Gasteiger partial charge is 0.333 e. The van der Waals surface area contributed by atoms with E-state index < -0.39 is 16.1 Å². The first kappa shape index (κ1) is 24.5. The van der Waals surface area contributed by atoms with Crippen LogP contribution in [0.2, 0.25) is 0 Å². The Balaban J connectivity index is 2.19. The highest BCUT2D eigenvalue weighted by molar-refractivity contribution is 7.90. The highest BCUT2D eigenvalue weighted by atomic mass is 32.2. The monoisotopic (exact) mass is 448 g/mol. The summed E-state index contributed by atoms with van der Waals surface area (Å²) < 4.78 is 27.4. The second-order valence-corrected chi connectivity index (χ2v) is 9.78. The molecular formula is C21H32N6O3S. The molecule has 1 heterocycles. The van der Waals surface area contributed by atoms with Gasteiger partial charge in [-0.15, -0.1) is 0 Å². The number of sulfonamides is 1. The van der Waals surface area contributed by atoms with E-state index in [4.69, 9.17) is 0 Å². The number of anilines is 2. The zero-order chi connectivity index (χ0) is 23.2. The van der Waals surface area contributed by atoms with Crippen molar-refractivity contribution in [2.75, 3.05) is 37.8 Å². The van der Waals surface area contributed by atoms with Crippen molar-refractivity contribution >= 4 is 27.6 Å². The lowest BCUT2D eigenvalue weighted by Gasteiger charge is -2.20. The topological polar surface area (TPSA) is 116 Å². The molecule has 2 amide bonds. The van der Waals surface area contributed by atoms with Gasteiger partial charge in [0.2, 0.25) is 0 Å². The third-order valence-corrected chi connectivity index (χ3v) is 5.79. The van der Waals surface area contributed by atoms with Gasteiger partial charge in [-0.2, -0.15) is 8.42 Å². The second kappa shape index (κ2) is 10.5. The van der Waals surface area contributed by atoms with Crippen molar-refractivity contribution in [1.82, 2.24) is 19.6 Å². The molecule has 0 unspecified atom stereocenters. The van der Waals surface area contributed by atoms with E-state index in [1.165, 1.54) is 6.20 Å². The molecule has 170 valence electrons. The van der Waals surface area contributed by atoms with Crippen molar-refractivity contribution in [3.8, 4) is 0 Å². The molecule has 10 heteroatoms. The van der Waals surface area contributed by atoms with Gasteiger partial charge in [-0.25, -0.2) is 14.5 Å². The van der Waals surface area contributed by atoms with Crippen LogP contribution in [0.15, 0.2) is 35.6 Å². The molecular weight excluding hydrogens is 416 g/mol. The molecule has 31 heavy (non-hydrogen) atoms. The molecule has 1 aromatic heterocycles. The van der Waals surface area contributed by atoms with E-state index in [2.05, 4.69) is 20.6 Å². The van der Waals surface area contributed by atoms with Gasteiger partial charge in [-0.3, -0.25) is 4.98 Å². The number of hydrogen-bond donors (Lipinski definition) is 3. The number of nitrogens with zero attached hydrogens (tertiary/aromatic N) is 3. The van der Waals surface area contributed by atoms with E-state index in [-0.39, 0.29) is 16.9 Å². The van der Waals surface area contributed by atoms with Crippen molar-refractivity contribution in [3.05, 3.63) is 41.7 Å². The Morgan fingerprint density at radius 1 is 1.06 bits per heavy atom. The number of nitrogens with one attached hydrogen (secondary N) is 3. The fraction of sp³-hybridized carbons (Fsp3) is 0.476. The third kappa shape index (κ3) is 6.90. The minimum atomic E-state index is -4.20. The molecule has 9 nitrogen and oxygen atoms in total. The summed E-state index contributed by atoms with van der Waals surface area (Å²) in [4.78, 5) is 22.6. The molecule has 0 aliphatic heterocycles. The molecule has 0 aliphatic carbocycles. The molecule has 3 N–H and O–H groups in total. The summed E-state index contributed by atoms with van der Waals surface area (Å²) in [5, 5.41) is 5.41. The maximum Gasteiger partial charge on any atom is 0.333 e. The van der Waals surface area contributed by atoms with Crippen LogP contribution in [0.4, 0.5) is 16.3 Å². The van der Waals surface area contributed by atoms with Gasteiger partial charge >= 0.3 is 6.03 Å². The molecule has 0 aliphatic rings. The van der Waals surface area contributed by atoms with Crippen molar-refractivity contribution < 1.29 is 13.2 Å². The SMILES string of the molecule is CC(C)c1cccc(C(C)C)c1NC(=O)NS(=O)(=O)c1cncc(NCCN(C)C)n1. The van der Waals surface area contributed by atoms with Crippen LogP contribution in [-0.2, 0) is 10.0 Å². The van der Waals surface area contributed by atoms with Gasteiger partial charge in [-0.05, 0) is 37.1 Å². The first-order chi connectivity index (χ1) is 14.5. The van der Waals surface area contributed by atoms with E-state index in [1.807, 2.05) is 69.6 Å². The average Bonchev–Trinajstić information content (AvgIpc) is 2.67. The predicted molar refractivity (Wildman–Crippen MR) is 123 cm³/mol. The quantitative estimate of drug-likeness (QED) is 0.539. The minimum Gasteiger partial charge on any atom is -0.367 e. The molecule has 2 aromatic rings. The third-order valence-electron chi connectivity index (χ3n) is 4.59. The fourth-order valence-electron chi connectivity index (χ4n) is 2.98. The van der Waals surface area contributed by atoms with Crippen LogP contribution in [0.1, 0.15) is 50.7 Å². The summed E-state index contributed by atoms with van der Waals surface area (Å²) in [6.07, 6.45) is 2.54. The zero-order valence-electron chi connectivity index (χ0n) is 18.9. The molecule has 0 fully saturated rings. The molecule has 0 saturated heterocycles. The number of hydrogen-bond acceptors (Lipinski definition) is 7. The van der Waals surface area contributed by atoms with Gasteiger partial charge in [0.25, 0.3) is 10.0 Å². The van der Waals surface area contributed by atoms with Crippen molar-refractivity contribution in [3.63, 3.8) is 0 Å². The number of carbonyl (C=O) groups is 1. The number of carbonyl (C=O) groups excluding carboxylic acids is 1. The Hall–Kier alpha value is -2.72. The number of benzene rings is 1. The molecule has 0 radical (unpaired) electrons. The number of rotatable bonds is 9. The number of urea groups is 1. The summed E-state index contributed by atoms with van der Waals surface area (Å²) in [5.74, 6) is 0.625. The number of likely N-dealkylation sites (N-methyl/N-ethyl adjacent to an activating group) is 1. The molecule has 2 rings (SSSR count). The summed E-state index contributed by atoms with van der Waals surface area (Å²) in [6, 6.07) is 4.95. The van der Waals surface area contributed by atoms with Crippen LogP contribution in [-0.4, -0.2) is 56.5 Å². The highest BCUT2D eigenvalue weighted by Crippen LogP contribution is 2.32. The Labute approximate surface area is 184 Å². The van der Waals surface area contributed by atoms with E-state index in [1.54, 1.807) is 0 Å². The number of para-hydroxylation sites is 1. The Kier molecular flexibility index (Phi) is 8.35. The zero-order valence-corrected chi connectivity index (χ0v) is 19.7. The van der Waals surface area contributed by atoms with Crippen molar-refractivity contribution in [2.24, 2.45) is 0 Å². The normalized spacial score (nSPS) is 11.8. The Morgan fingerprint density at radius 3 is 2.23 bits per heavy atom. The maximum absolute atomic E-state index is 12.7. The van der Waals surface area contributed by atoms with Crippen LogP contribution in [0.3, 0.4) is 0 Å². The van der Waals surface area contributed by atoms with Crippen molar-refractivity contribution in [1.29, 1.82) is 0 Å². The summed E-state index contributed by atoms with van der Waals surface area (Å²) in [5.41, 5.74) is 2.50. The lowest BCUT2D eigenvalue weighted by Crippen LogP contribution is -2.35. The molecule has 0 bridgehead atoms. The van der Waals surface area contributed by atoms with Gasteiger partial charge in [0.05, 0.1) is 12.4 Å². The Bertz CT molecular complexity index is 980. The predicted octanol–water partition coefficient (Wildman–Crippen LogP) is 3.21. The van der Waals surface area contributed by atoms with Crippen LogP contribution < -0.4 is 15.4 Å². The lowest BCUT2D eigenvalue weighted by atomic mass is 9.93. The van der Waals surface area contributed by atoms with Gasteiger partial charge < -0.3 is 15.5 Å². The largest absolute Gasteiger partial charge is 0.367 e. The average molecular weight is 449 g/mol. The van der Waals surface area contributed by atoms with E-state index in [0.717, 1.165) is 23.9 Å². The van der Waals surface area contributed by atoms with Gasteiger partial charge in [-0.1, -0.05) is 45.9 Å². The van der Waals surface area contributed by atoms with E-state index in [0.29, 0.717) is 18.1 Å². The first-order valence-electron chi connectivity index (χ1n) is 10.2. The number of aromatic nitrogens is 2.